The highest BCUT2D eigenvalue weighted by Crippen LogP contribution is 2.34. The van der Waals surface area contributed by atoms with E-state index in [9.17, 15) is 14.4 Å². The second-order valence-corrected chi connectivity index (χ2v) is 11.7. The van der Waals surface area contributed by atoms with Crippen LogP contribution < -0.4 is 15.8 Å². The number of pyridine rings is 1. The van der Waals surface area contributed by atoms with Gasteiger partial charge in [0.05, 0.1) is 30.5 Å². The molecule has 3 atom stereocenters. The van der Waals surface area contributed by atoms with Crippen LogP contribution in [0.25, 0.3) is 5.65 Å². The fourth-order valence-electron chi connectivity index (χ4n) is 5.27. The van der Waals surface area contributed by atoms with Crippen molar-refractivity contribution in [2.24, 2.45) is 5.92 Å². The minimum Gasteiger partial charge on any atom is -0.443 e. The molecule has 4 heterocycles. The van der Waals surface area contributed by atoms with Crippen molar-refractivity contribution in [1.82, 2.24) is 19.2 Å². The van der Waals surface area contributed by atoms with Crippen LogP contribution in [-0.4, -0.2) is 70.1 Å². The predicted molar refractivity (Wildman–Crippen MR) is 153 cm³/mol. The van der Waals surface area contributed by atoms with Crippen molar-refractivity contribution in [3.8, 4) is 0 Å². The predicted octanol–water partition coefficient (Wildman–Crippen LogP) is 4.36. The second-order valence-electron chi connectivity index (χ2n) is 11.7. The fourth-order valence-corrected chi connectivity index (χ4v) is 5.27. The Balaban J connectivity index is 1.53. The number of ketones is 1. The van der Waals surface area contributed by atoms with E-state index in [-0.39, 0.29) is 40.9 Å². The molecule has 1 aliphatic carbocycles. The molecule has 5 rings (SSSR count). The Hall–Kier alpha value is -3.77. The van der Waals surface area contributed by atoms with Gasteiger partial charge in [-0.3, -0.25) is 14.5 Å². The molecule has 0 bridgehead atoms. The van der Waals surface area contributed by atoms with Gasteiger partial charge >= 0.3 is 6.09 Å². The van der Waals surface area contributed by atoms with Gasteiger partial charge in [-0.15, -0.1) is 0 Å². The van der Waals surface area contributed by atoms with E-state index >= 15 is 0 Å². The number of nitrogens with zero attached hydrogens (tertiary/aromatic N) is 5. The van der Waals surface area contributed by atoms with Gasteiger partial charge in [0.1, 0.15) is 22.9 Å². The van der Waals surface area contributed by atoms with E-state index in [0.717, 1.165) is 25.7 Å². The molecule has 2 fully saturated rings. The molecule has 0 spiro atoms. The third-order valence-corrected chi connectivity index (χ3v) is 7.63. The summed E-state index contributed by atoms with van der Waals surface area (Å²) in [6, 6.07) is 5.02. The van der Waals surface area contributed by atoms with E-state index in [1.807, 2.05) is 0 Å². The summed E-state index contributed by atoms with van der Waals surface area (Å²) in [5.41, 5.74) is -0.0185. The number of anilines is 3. The number of methoxy groups -OCH3 is 1. The molecule has 2 aliphatic rings. The van der Waals surface area contributed by atoms with Gasteiger partial charge in [0.15, 0.2) is 11.4 Å². The van der Waals surface area contributed by atoms with Crippen LogP contribution in [-0.2, 0) is 14.2 Å². The first-order valence-electron chi connectivity index (χ1n) is 14.0. The minimum atomic E-state index is -0.720. The molecule has 41 heavy (non-hydrogen) atoms. The molecule has 3 aromatic rings. The smallest absolute Gasteiger partial charge is 0.415 e. The first-order chi connectivity index (χ1) is 19.6. The maximum Gasteiger partial charge on any atom is 0.415 e. The lowest BCUT2D eigenvalue weighted by atomic mass is 9.78. The number of ether oxygens (including phenoxy) is 3. The Morgan fingerprint density at radius 2 is 2.05 bits per heavy atom. The van der Waals surface area contributed by atoms with E-state index in [1.54, 1.807) is 63.9 Å². The Morgan fingerprint density at radius 3 is 2.71 bits per heavy atom. The molecule has 0 radical (unpaired) electrons. The number of hydrogen-bond acceptors (Lipinski definition) is 9. The topological polar surface area (TPSA) is 129 Å². The van der Waals surface area contributed by atoms with Gasteiger partial charge in [-0.2, -0.15) is 9.61 Å². The number of rotatable bonds is 8. The molecule has 12 heteroatoms. The number of Topliss-reactive ketones (excluding diaryl/α,β-unsaturated/α-hetero) is 1. The molecule has 220 valence electrons. The zero-order chi connectivity index (χ0) is 29.3. The Labute approximate surface area is 238 Å². The first-order valence-corrected chi connectivity index (χ1v) is 14.0. The maximum absolute atomic E-state index is 13.4. The minimum absolute atomic E-state index is 0.0520. The SMILES string of the molecule is CO[C@@H]1CCC1CC(=O)c1cnn2c(N(C)C(=O)OC(C)(C)C)cc(Nc3cccn(C4CCCOC4)c3=O)nc12. The quantitative estimate of drug-likeness (QED) is 0.396. The number of hydrogen-bond donors (Lipinski definition) is 1. The van der Waals surface area contributed by atoms with Gasteiger partial charge < -0.3 is 24.1 Å². The Bertz CT molecular complexity index is 1480. The van der Waals surface area contributed by atoms with Gasteiger partial charge in [-0.05, 0) is 64.5 Å². The van der Waals surface area contributed by atoms with E-state index in [0.29, 0.717) is 36.7 Å². The number of aromatic nitrogens is 4. The van der Waals surface area contributed by atoms with E-state index in [1.165, 1.54) is 15.6 Å². The van der Waals surface area contributed by atoms with Gasteiger partial charge in [0, 0.05) is 39.4 Å². The summed E-state index contributed by atoms with van der Waals surface area (Å²) in [4.78, 5) is 45.8. The Morgan fingerprint density at radius 1 is 1.24 bits per heavy atom. The molecule has 1 aliphatic heterocycles. The summed E-state index contributed by atoms with van der Waals surface area (Å²) in [5.74, 6) is 0.632. The van der Waals surface area contributed by atoms with Crippen LogP contribution >= 0.6 is 0 Å². The molecule has 3 aromatic heterocycles. The van der Waals surface area contributed by atoms with Gasteiger partial charge in [-0.25, -0.2) is 9.78 Å². The number of amides is 1. The van der Waals surface area contributed by atoms with E-state index in [2.05, 4.69) is 15.4 Å². The lowest BCUT2D eigenvalue weighted by molar-refractivity contribution is -0.0171. The molecule has 1 saturated heterocycles. The van der Waals surface area contributed by atoms with Crippen molar-refractivity contribution < 1.29 is 23.8 Å². The molecule has 1 amide bonds. The van der Waals surface area contributed by atoms with E-state index in [4.69, 9.17) is 14.2 Å². The summed E-state index contributed by atoms with van der Waals surface area (Å²) in [6.07, 6.45) is 6.59. The summed E-state index contributed by atoms with van der Waals surface area (Å²) < 4.78 is 19.8. The first kappa shape index (κ1) is 28.7. The number of nitrogens with one attached hydrogen (secondary N) is 1. The van der Waals surface area contributed by atoms with Crippen LogP contribution in [0.15, 0.2) is 35.4 Å². The van der Waals surface area contributed by atoms with Crippen molar-refractivity contribution in [3.05, 3.63) is 46.5 Å². The molecule has 0 aromatic carbocycles. The molecule has 2 unspecified atom stereocenters. The van der Waals surface area contributed by atoms with Crippen molar-refractivity contribution in [2.75, 3.05) is 37.6 Å². The largest absolute Gasteiger partial charge is 0.443 e. The monoisotopic (exact) mass is 566 g/mol. The maximum atomic E-state index is 13.4. The lowest BCUT2D eigenvalue weighted by Gasteiger charge is -2.34. The Kier molecular flexibility index (Phi) is 8.14. The van der Waals surface area contributed by atoms with Gasteiger partial charge in [-0.1, -0.05) is 0 Å². The van der Waals surface area contributed by atoms with E-state index < -0.39 is 11.7 Å². The summed E-state index contributed by atoms with van der Waals surface area (Å²) in [5, 5.41) is 7.54. The standard InChI is InChI=1S/C29H38N6O6/c1-29(2,3)41-28(38)33(4)25-15-24(31-21-9-6-12-34(27(21)37)19-8-7-13-40-17-19)32-26-20(16-30-35(25)26)22(36)14-18-10-11-23(18)39-5/h6,9,12,15-16,18-19,23H,7-8,10-11,13-14,17H2,1-5H3,(H,31,32)/t18?,19?,23-/m1/s1. The zero-order valence-corrected chi connectivity index (χ0v) is 24.3. The molecular formula is C29H38N6O6. The highest BCUT2D eigenvalue weighted by atomic mass is 16.6. The number of carbonyl (C=O) groups is 2. The third-order valence-electron chi connectivity index (χ3n) is 7.63. The highest BCUT2D eigenvalue weighted by molar-refractivity contribution is 6.02. The average molecular weight is 567 g/mol. The summed E-state index contributed by atoms with van der Waals surface area (Å²) >= 11 is 0. The number of carbonyl (C=O) groups excluding carboxylic acids is 2. The van der Waals surface area contributed by atoms with Crippen LogP contribution in [0.4, 0.5) is 22.1 Å². The van der Waals surface area contributed by atoms with Crippen LogP contribution in [0.5, 0.6) is 0 Å². The van der Waals surface area contributed by atoms with Crippen molar-refractivity contribution in [2.45, 2.75) is 70.6 Å². The van der Waals surface area contributed by atoms with Crippen LogP contribution in [0.2, 0.25) is 0 Å². The highest BCUT2D eigenvalue weighted by Gasteiger charge is 2.34. The van der Waals surface area contributed by atoms with Crippen molar-refractivity contribution >= 4 is 34.8 Å². The molecule has 1 N–H and O–H groups in total. The molecule has 12 nitrogen and oxygen atoms in total. The summed E-state index contributed by atoms with van der Waals surface area (Å²) in [6.45, 7) is 6.52. The number of fused-ring (bicyclic) bond motifs is 1. The second kappa shape index (κ2) is 11.6. The average Bonchev–Trinajstić information content (AvgIpc) is 3.35. The third kappa shape index (κ3) is 6.13. The molecule has 1 saturated carbocycles. The normalized spacial score (nSPS) is 20.9. The lowest BCUT2D eigenvalue weighted by Crippen LogP contribution is -2.35. The van der Waals surface area contributed by atoms with Crippen molar-refractivity contribution in [1.29, 1.82) is 0 Å². The van der Waals surface area contributed by atoms with Crippen LogP contribution in [0, 0.1) is 5.92 Å². The van der Waals surface area contributed by atoms with Crippen LogP contribution in [0.1, 0.15) is 69.3 Å². The van der Waals surface area contributed by atoms with Crippen LogP contribution in [0.3, 0.4) is 0 Å². The fraction of sp³-hybridized carbons (Fsp3) is 0.552. The summed E-state index contributed by atoms with van der Waals surface area (Å²) in [7, 11) is 3.22. The van der Waals surface area contributed by atoms with Gasteiger partial charge in [0.25, 0.3) is 5.56 Å². The van der Waals surface area contributed by atoms with Gasteiger partial charge in [0.2, 0.25) is 0 Å². The molecular weight excluding hydrogens is 528 g/mol. The van der Waals surface area contributed by atoms with Crippen molar-refractivity contribution in [3.63, 3.8) is 0 Å². The zero-order valence-electron chi connectivity index (χ0n) is 24.3.